The Hall–Kier alpha value is -3.17. The SMILES string of the molecule is Cc1nc2sc(-c3ccccc3)cc2c(=O)n1CC(=O)Nc1cc(C(F)(F)F)ccc1Cl. The Balaban J connectivity index is 1.63. The molecule has 0 aliphatic heterocycles. The van der Waals surface area contributed by atoms with Crippen molar-refractivity contribution >= 4 is 44.7 Å². The van der Waals surface area contributed by atoms with Crippen LogP contribution in [-0.4, -0.2) is 15.5 Å². The van der Waals surface area contributed by atoms with Crippen LogP contribution in [0.2, 0.25) is 5.02 Å². The van der Waals surface area contributed by atoms with Gasteiger partial charge in [0, 0.05) is 4.88 Å². The first kappa shape index (κ1) is 22.0. The first-order valence-electron chi connectivity index (χ1n) is 9.36. The van der Waals surface area contributed by atoms with Crippen LogP contribution in [0.15, 0.2) is 59.4 Å². The van der Waals surface area contributed by atoms with Crippen LogP contribution in [0.5, 0.6) is 0 Å². The van der Waals surface area contributed by atoms with Crippen LogP contribution in [0.4, 0.5) is 18.9 Å². The van der Waals surface area contributed by atoms with Crippen molar-refractivity contribution in [3.05, 3.63) is 81.4 Å². The molecule has 5 nitrogen and oxygen atoms in total. The first-order valence-corrected chi connectivity index (χ1v) is 10.6. The van der Waals surface area contributed by atoms with Crippen LogP contribution in [0, 0.1) is 6.92 Å². The van der Waals surface area contributed by atoms with Gasteiger partial charge < -0.3 is 5.32 Å². The summed E-state index contributed by atoms with van der Waals surface area (Å²) in [6, 6.07) is 13.9. The van der Waals surface area contributed by atoms with Gasteiger partial charge in [0.1, 0.15) is 17.2 Å². The fraction of sp³-hybridized carbons (Fsp3) is 0.136. The maximum Gasteiger partial charge on any atom is 0.416 e. The van der Waals surface area contributed by atoms with Gasteiger partial charge in [-0.15, -0.1) is 11.3 Å². The molecule has 0 radical (unpaired) electrons. The van der Waals surface area contributed by atoms with E-state index in [1.807, 2.05) is 30.3 Å². The predicted octanol–water partition coefficient (Wildman–Crippen LogP) is 5.74. The maximum atomic E-state index is 13.0. The van der Waals surface area contributed by atoms with Gasteiger partial charge in [-0.1, -0.05) is 41.9 Å². The second kappa shape index (κ2) is 8.40. The predicted molar refractivity (Wildman–Crippen MR) is 119 cm³/mol. The molecule has 0 aliphatic rings. The number of anilines is 1. The number of aryl methyl sites for hydroxylation is 1. The number of aromatic nitrogens is 2. The number of amides is 1. The highest BCUT2D eigenvalue weighted by Crippen LogP contribution is 2.34. The van der Waals surface area contributed by atoms with E-state index >= 15 is 0 Å². The molecule has 0 saturated carbocycles. The van der Waals surface area contributed by atoms with Gasteiger partial charge in [-0.05, 0) is 36.8 Å². The fourth-order valence-corrected chi connectivity index (χ4v) is 4.42. The Bertz CT molecular complexity index is 1380. The Labute approximate surface area is 189 Å². The van der Waals surface area contributed by atoms with E-state index in [2.05, 4.69) is 10.3 Å². The number of nitrogens with zero attached hydrogens (tertiary/aromatic N) is 2. The second-order valence-corrected chi connectivity index (χ2v) is 8.42. The molecule has 164 valence electrons. The molecule has 0 bridgehead atoms. The minimum absolute atomic E-state index is 0.0469. The fourth-order valence-electron chi connectivity index (χ4n) is 3.18. The lowest BCUT2D eigenvalue weighted by molar-refractivity contribution is -0.137. The molecule has 2 aromatic heterocycles. The first-order chi connectivity index (χ1) is 15.1. The molecule has 0 unspecified atom stereocenters. The van der Waals surface area contributed by atoms with Crippen molar-refractivity contribution < 1.29 is 18.0 Å². The van der Waals surface area contributed by atoms with Crippen molar-refractivity contribution in [2.45, 2.75) is 19.6 Å². The molecule has 2 aromatic carbocycles. The number of rotatable bonds is 4. The molecule has 2 heterocycles. The zero-order valence-corrected chi connectivity index (χ0v) is 18.1. The zero-order chi connectivity index (χ0) is 23.0. The summed E-state index contributed by atoms with van der Waals surface area (Å²) in [5, 5.41) is 2.67. The van der Waals surface area contributed by atoms with Gasteiger partial charge in [-0.25, -0.2) is 4.98 Å². The third kappa shape index (κ3) is 4.39. The summed E-state index contributed by atoms with van der Waals surface area (Å²) in [5.41, 5.74) is -0.597. The molecule has 4 aromatic rings. The summed E-state index contributed by atoms with van der Waals surface area (Å²) < 4.78 is 40.0. The van der Waals surface area contributed by atoms with Crippen molar-refractivity contribution in [3.63, 3.8) is 0 Å². The minimum atomic E-state index is -4.58. The van der Waals surface area contributed by atoms with Crippen LogP contribution in [0.1, 0.15) is 11.4 Å². The van der Waals surface area contributed by atoms with Crippen LogP contribution < -0.4 is 10.9 Å². The van der Waals surface area contributed by atoms with Crippen LogP contribution >= 0.6 is 22.9 Å². The van der Waals surface area contributed by atoms with Gasteiger partial charge in [0.05, 0.1) is 21.7 Å². The lowest BCUT2D eigenvalue weighted by Gasteiger charge is -2.13. The molecule has 1 amide bonds. The van der Waals surface area contributed by atoms with E-state index in [0.29, 0.717) is 16.0 Å². The zero-order valence-electron chi connectivity index (χ0n) is 16.5. The number of nitrogens with one attached hydrogen (secondary N) is 1. The highest BCUT2D eigenvalue weighted by atomic mass is 35.5. The van der Waals surface area contributed by atoms with Crippen molar-refractivity contribution in [1.29, 1.82) is 0 Å². The third-order valence-electron chi connectivity index (χ3n) is 4.77. The average molecular weight is 478 g/mol. The summed E-state index contributed by atoms with van der Waals surface area (Å²) in [4.78, 5) is 31.4. The van der Waals surface area contributed by atoms with Crippen molar-refractivity contribution in [2.75, 3.05) is 5.32 Å². The summed E-state index contributed by atoms with van der Waals surface area (Å²) >= 11 is 7.30. The lowest BCUT2D eigenvalue weighted by Crippen LogP contribution is -2.30. The van der Waals surface area contributed by atoms with Crippen LogP contribution in [0.25, 0.3) is 20.7 Å². The quantitative estimate of drug-likeness (QED) is 0.407. The Morgan fingerprint density at radius 2 is 1.88 bits per heavy atom. The van der Waals surface area contributed by atoms with Crippen LogP contribution in [0.3, 0.4) is 0 Å². The molecule has 32 heavy (non-hydrogen) atoms. The molecule has 4 rings (SSSR count). The Kier molecular flexibility index (Phi) is 5.79. The van der Waals surface area contributed by atoms with E-state index in [1.165, 1.54) is 15.9 Å². The molecule has 0 aliphatic carbocycles. The summed E-state index contributed by atoms with van der Waals surface area (Å²) in [6.07, 6.45) is -4.58. The highest BCUT2D eigenvalue weighted by molar-refractivity contribution is 7.21. The van der Waals surface area contributed by atoms with Crippen molar-refractivity contribution in [1.82, 2.24) is 9.55 Å². The second-order valence-electron chi connectivity index (χ2n) is 6.99. The molecule has 0 atom stereocenters. The van der Waals surface area contributed by atoms with Crippen molar-refractivity contribution in [3.8, 4) is 10.4 Å². The van der Waals surface area contributed by atoms with Gasteiger partial charge in [-0.3, -0.25) is 14.2 Å². The van der Waals surface area contributed by atoms with Gasteiger partial charge in [0.15, 0.2) is 0 Å². The molecule has 1 N–H and O–H groups in total. The number of hydrogen-bond donors (Lipinski definition) is 1. The highest BCUT2D eigenvalue weighted by Gasteiger charge is 2.31. The van der Waals surface area contributed by atoms with Gasteiger partial charge in [0.25, 0.3) is 5.56 Å². The van der Waals surface area contributed by atoms with E-state index in [1.54, 1.807) is 13.0 Å². The summed E-state index contributed by atoms with van der Waals surface area (Å²) in [7, 11) is 0. The largest absolute Gasteiger partial charge is 0.416 e. The van der Waals surface area contributed by atoms with Crippen LogP contribution in [-0.2, 0) is 17.5 Å². The average Bonchev–Trinajstić information content (AvgIpc) is 3.17. The van der Waals surface area contributed by atoms with E-state index in [0.717, 1.165) is 28.6 Å². The number of benzene rings is 2. The number of thiophene rings is 1. The number of hydrogen-bond acceptors (Lipinski definition) is 4. The number of carbonyl (C=O) groups excluding carboxylic acids is 1. The van der Waals surface area contributed by atoms with Gasteiger partial charge in [-0.2, -0.15) is 13.2 Å². The monoisotopic (exact) mass is 477 g/mol. The normalized spacial score (nSPS) is 11.7. The summed E-state index contributed by atoms with van der Waals surface area (Å²) in [6.45, 7) is 1.17. The molecule has 0 fully saturated rings. The number of alkyl halides is 3. The number of halogens is 4. The number of fused-ring (bicyclic) bond motifs is 1. The Morgan fingerprint density at radius 1 is 1.16 bits per heavy atom. The van der Waals surface area contributed by atoms with E-state index < -0.39 is 29.8 Å². The van der Waals surface area contributed by atoms with E-state index in [9.17, 15) is 22.8 Å². The summed E-state index contributed by atoms with van der Waals surface area (Å²) in [5.74, 6) is -0.384. The Morgan fingerprint density at radius 3 is 2.56 bits per heavy atom. The topological polar surface area (TPSA) is 64.0 Å². The van der Waals surface area contributed by atoms with Crippen molar-refractivity contribution in [2.24, 2.45) is 0 Å². The molecule has 0 spiro atoms. The number of carbonyl (C=O) groups is 1. The third-order valence-corrected chi connectivity index (χ3v) is 6.18. The lowest BCUT2D eigenvalue weighted by atomic mass is 10.2. The smallest absolute Gasteiger partial charge is 0.323 e. The maximum absolute atomic E-state index is 13.0. The standard InChI is InChI=1S/C22H15ClF3N3O2S/c1-12-27-20-15(10-18(32-20)13-5-3-2-4-6-13)21(31)29(12)11-19(30)28-17-9-14(22(24,25)26)7-8-16(17)23/h2-10H,11H2,1H3,(H,28,30). The van der Waals surface area contributed by atoms with Gasteiger partial charge >= 0.3 is 6.18 Å². The minimum Gasteiger partial charge on any atom is -0.323 e. The molecular formula is C22H15ClF3N3O2S. The molecule has 10 heteroatoms. The molecular weight excluding hydrogens is 463 g/mol. The van der Waals surface area contributed by atoms with Gasteiger partial charge in [0.2, 0.25) is 5.91 Å². The van der Waals surface area contributed by atoms with E-state index in [-0.39, 0.29) is 10.7 Å². The molecule has 0 saturated heterocycles. The van der Waals surface area contributed by atoms with E-state index in [4.69, 9.17) is 11.6 Å².